The summed E-state index contributed by atoms with van der Waals surface area (Å²) in [5.74, 6) is -0.851. The minimum absolute atomic E-state index is 0.0250. The minimum Gasteiger partial charge on any atom is -0.505 e. The molecular weight excluding hydrogens is 656 g/mol. The third-order valence-electron chi connectivity index (χ3n) is 6.43. The van der Waals surface area contributed by atoms with Crippen molar-refractivity contribution in [1.29, 1.82) is 0 Å². The van der Waals surface area contributed by atoms with Gasteiger partial charge in [-0.05, 0) is 73.2 Å². The summed E-state index contributed by atoms with van der Waals surface area (Å²) < 4.78 is 74.3. The highest BCUT2D eigenvalue weighted by molar-refractivity contribution is 7.86. The van der Waals surface area contributed by atoms with Crippen molar-refractivity contribution in [1.82, 2.24) is 0 Å². The average molecular weight is 687 g/mol. The van der Waals surface area contributed by atoms with Crippen molar-refractivity contribution in [3.8, 4) is 11.5 Å². The molecule has 6 N–H and O–H groups in total. The van der Waals surface area contributed by atoms with Gasteiger partial charge in [0, 0.05) is 24.1 Å². The Balaban J connectivity index is 1.85. The molecule has 4 aromatic rings. The smallest absolute Gasteiger partial charge is 0.397 e. The molecule has 0 fully saturated rings. The molecule has 0 aromatic heterocycles. The number of carbonyl (C=O) groups is 1. The molecule has 4 aromatic carbocycles. The fourth-order valence-corrected chi connectivity index (χ4v) is 5.40. The fourth-order valence-electron chi connectivity index (χ4n) is 4.51. The Kier molecular flexibility index (Phi) is 10.2. The maximum atomic E-state index is 12.1. The third kappa shape index (κ3) is 8.83. The van der Waals surface area contributed by atoms with Crippen molar-refractivity contribution in [2.45, 2.75) is 32.6 Å². The first-order chi connectivity index (χ1) is 21.9. The van der Waals surface area contributed by atoms with E-state index >= 15 is 0 Å². The fraction of sp³-hybridized carbons (Fsp3) is 0.207. The van der Waals surface area contributed by atoms with Gasteiger partial charge in [-0.15, -0.1) is 20.5 Å². The lowest BCUT2D eigenvalue weighted by Crippen LogP contribution is -2.12. The largest absolute Gasteiger partial charge is 0.505 e. The number of azo groups is 2. The van der Waals surface area contributed by atoms with E-state index in [0.29, 0.717) is 27.6 Å². The van der Waals surface area contributed by atoms with Crippen LogP contribution < -0.4 is 15.8 Å². The molecular formula is C29H30N6O10S2. The van der Waals surface area contributed by atoms with Crippen LogP contribution in [-0.2, 0) is 29.5 Å². The van der Waals surface area contributed by atoms with Crippen LogP contribution in [0, 0.1) is 20.8 Å². The summed E-state index contributed by atoms with van der Waals surface area (Å²) in [5.41, 5.74) is 8.34. The van der Waals surface area contributed by atoms with Crippen LogP contribution in [0.25, 0.3) is 10.8 Å². The van der Waals surface area contributed by atoms with Crippen LogP contribution in [0.4, 0.5) is 34.1 Å². The first-order valence-corrected chi connectivity index (χ1v) is 16.4. The minimum atomic E-state index is -4.77. The van der Waals surface area contributed by atoms with Crippen LogP contribution >= 0.6 is 0 Å². The second-order valence-corrected chi connectivity index (χ2v) is 12.8. The summed E-state index contributed by atoms with van der Waals surface area (Å²) >= 11 is 0. The Morgan fingerprint density at radius 1 is 0.851 bits per heavy atom. The number of phenolic OH excluding ortho intramolecular Hbond substituents is 1. The van der Waals surface area contributed by atoms with Gasteiger partial charge in [-0.1, -0.05) is 12.1 Å². The molecule has 248 valence electrons. The summed E-state index contributed by atoms with van der Waals surface area (Å²) in [4.78, 5) is 11.6. The predicted octanol–water partition coefficient (Wildman–Crippen LogP) is 6.29. The van der Waals surface area contributed by atoms with Crippen LogP contribution in [0.2, 0.25) is 0 Å². The molecule has 0 spiro atoms. The molecule has 16 nitrogen and oxygen atoms in total. The van der Waals surface area contributed by atoms with Crippen LogP contribution in [0.3, 0.4) is 0 Å². The topological polar surface area (TPSA) is 252 Å². The number of aromatic hydroxyl groups is 1. The molecule has 0 radical (unpaired) electrons. The SMILES string of the molecule is CC(=O)Nc1cc(N=Nc2c(C)cc3cc(C)cc(N)c3c2O)c(OCCOS(=O)(=O)O)cc1N=Nc1cc(C)ccc1S(=O)(=O)O. The summed E-state index contributed by atoms with van der Waals surface area (Å²) in [6.45, 7) is 5.42. The van der Waals surface area contributed by atoms with Crippen molar-refractivity contribution in [2.24, 2.45) is 20.5 Å². The number of hydrogen-bond acceptors (Lipinski definition) is 13. The normalized spacial score (nSPS) is 12.3. The van der Waals surface area contributed by atoms with Gasteiger partial charge in [-0.25, -0.2) is 4.18 Å². The zero-order valence-corrected chi connectivity index (χ0v) is 27.0. The number of fused-ring (bicyclic) bond motifs is 1. The van der Waals surface area contributed by atoms with Gasteiger partial charge < -0.3 is 20.9 Å². The van der Waals surface area contributed by atoms with Crippen molar-refractivity contribution >= 4 is 71.3 Å². The maximum Gasteiger partial charge on any atom is 0.397 e. The molecule has 4 rings (SSSR count). The second kappa shape index (κ2) is 13.8. The molecule has 0 aliphatic carbocycles. The van der Waals surface area contributed by atoms with E-state index < -0.39 is 44.5 Å². The molecule has 1 amide bonds. The van der Waals surface area contributed by atoms with E-state index in [1.165, 1.54) is 31.2 Å². The standard InChI is InChI=1S/C29H30N6O10S2/c1-15-5-6-26(46(38,39)40)24(11-15)34-32-22-14-25(44-7-8-45-47(41,42)43)23(13-21(22)31-18(4)36)33-35-28-17(3)12-19-9-16(2)10-20(30)27(19)29(28)37/h5-6,9-14,37H,7-8,30H2,1-4H3,(H,31,36)(H,38,39,40)(H,41,42,43). The number of nitrogens with one attached hydrogen (secondary N) is 1. The summed E-state index contributed by atoms with van der Waals surface area (Å²) in [6, 6.07) is 11.8. The van der Waals surface area contributed by atoms with Crippen LogP contribution in [-0.4, -0.2) is 50.2 Å². The number of nitrogens with zero attached hydrogens (tertiary/aromatic N) is 4. The summed E-state index contributed by atoms with van der Waals surface area (Å²) in [7, 11) is -9.44. The number of amides is 1. The quantitative estimate of drug-likeness (QED) is 0.0507. The van der Waals surface area contributed by atoms with Crippen LogP contribution in [0.1, 0.15) is 23.6 Å². The molecule has 0 unspecified atom stereocenters. The van der Waals surface area contributed by atoms with E-state index in [1.807, 2.05) is 13.0 Å². The second-order valence-electron chi connectivity index (χ2n) is 10.3. The zero-order valence-electron chi connectivity index (χ0n) is 25.4. The van der Waals surface area contributed by atoms with Gasteiger partial charge in [-0.3, -0.25) is 13.9 Å². The van der Waals surface area contributed by atoms with Crippen molar-refractivity contribution in [2.75, 3.05) is 24.3 Å². The van der Waals surface area contributed by atoms with Crippen molar-refractivity contribution in [3.63, 3.8) is 0 Å². The average Bonchev–Trinajstić information content (AvgIpc) is 2.93. The highest BCUT2D eigenvalue weighted by Crippen LogP contribution is 2.44. The van der Waals surface area contributed by atoms with Gasteiger partial charge in [0.15, 0.2) is 5.75 Å². The Labute approximate surface area is 269 Å². The number of rotatable bonds is 11. The molecule has 0 bridgehead atoms. The van der Waals surface area contributed by atoms with Gasteiger partial charge in [0.2, 0.25) is 5.91 Å². The highest BCUT2D eigenvalue weighted by Gasteiger charge is 2.18. The molecule has 18 heteroatoms. The molecule has 0 aliphatic rings. The molecule has 47 heavy (non-hydrogen) atoms. The lowest BCUT2D eigenvalue weighted by atomic mass is 10.0. The maximum absolute atomic E-state index is 12.1. The van der Waals surface area contributed by atoms with Crippen molar-refractivity contribution < 1.29 is 44.8 Å². The number of nitrogens with two attached hydrogens (primary N) is 1. The Morgan fingerprint density at radius 2 is 1.53 bits per heavy atom. The van der Waals surface area contributed by atoms with Gasteiger partial charge >= 0.3 is 10.4 Å². The van der Waals surface area contributed by atoms with E-state index in [0.717, 1.165) is 11.6 Å². The monoisotopic (exact) mass is 686 g/mol. The van der Waals surface area contributed by atoms with Gasteiger partial charge in [0.25, 0.3) is 10.1 Å². The van der Waals surface area contributed by atoms with Crippen molar-refractivity contribution in [3.05, 3.63) is 65.2 Å². The predicted molar refractivity (Wildman–Crippen MR) is 173 cm³/mol. The molecule has 0 saturated carbocycles. The molecule has 0 aliphatic heterocycles. The number of carbonyl (C=O) groups excluding carboxylic acids is 1. The number of benzene rings is 4. The van der Waals surface area contributed by atoms with Gasteiger partial charge in [0.05, 0.1) is 5.69 Å². The van der Waals surface area contributed by atoms with Gasteiger partial charge in [0.1, 0.15) is 46.6 Å². The van der Waals surface area contributed by atoms with E-state index in [1.54, 1.807) is 26.0 Å². The highest BCUT2D eigenvalue weighted by atomic mass is 32.3. The van der Waals surface area contributed by atoms with E-state index in [2.05, 4.69) is 30.0 Å². The Morgan fingerprint density at radius 3 is 2.19 bits per heavy atom. The number of nitrogen functional groups attached to an aromatic ring is 1. The number of ether oxygens (including phenoxy) is 1. The number of aryl methyl sites for hydroxylation is 3. The molecule has 0 saturated heterocycles. The van der Waals surface area contributed by atoms with E-state index in [9.17, 15) is 31.3 Å². The summed E-state index contributed by atoms with van der Waals surface area (Å²) in [5, 5.41) is 31.2. The lowest BCUT2D eigenvalue weighted by molar-refractivity contribution is -0.114. The molecule has 0 heterocycles. The van der Waals surface area contributed by atoms with Gasteiger partial charge in [-0.2, -0.15) is 16.8 Å². The summed E-state index contributed by atoms with van der Waals surface area (Å²) in [6.07, 6.45) is 0. The lowest BCUT2D eigenvalue weighted by Gasteiger charge is -2.13. The van der Waals surface area contributed by atoms with E-state index in [-0.39, 0.29) is 39.9 Å². The number of anilines is 2. The molecule has 0 atom stereocenters. The first-order valence-electron chi connectivity index (χ1n) is 13.6. The Bertz CT molecular complexity index is 2170. The number of hydrogen-bond donors (Lipinski definition) is 5. The van der Waals surface area contributed by atoms with E-state index in [4.69, 9.17) is 15.0 Å². The Hall–Kier alpha value is -5.01. The first kappa shape index (κ1) is 34.9. The van der Waals surface area contributed by atoms with Crippen LogP contribution in [0.15, 0.2) is 73.9 Å². The zero-order chi connectivity index (χ0) is 34.7. The third-order valence-corrected chi connectivity index (χ3v) is 7.79. The number of phenols is 1. The van der Waals surface area contributed by atoms with Crippen LogP contribution in [0.5, 0.6) is 11.5 Å².